The van der Waals surface area contributed by atoms with Crippen molar-refractivity contribution in [2.45, 2.75) is 25.0 Å². The standard InChI is InChI=1S/C26H31N3O2/c1-31-22-9-10-25-24(18-22)23(11-15-28-25)26(30)19-29-16-12-21(13-17-29)27-14-5-8-20-6-3-2-4-7-20/h2-11,15,18,21,26-27,30H,12-14,16-17,19H2,1H3/t26-/m0/s1. The number of benzene rings is 2. The Labute approximate surface area is 184 Å². The zero-order chi connectivity index (χ0) is 21.5. The van der Waals surface area contributed by atoms with Gasteiger partial charge in [0.2, 0.25) is 0 Å². The highest BCUT2D eigenvalue weighted by atomic mass is 16.5. The second-order valence-electron chi connectivity index (χ2n) is 8.10. The number of nitrogens with one attached hydrogen (secondary N) is 1. The third-order valence-electron chi connectivity index (χ3n) is 5.99. The topological polar surface area (TPSA) is 57.6 Å². The Hall–Kier alpha value is -2.73. The number of nitrogens with zero attached hydrogens (tertiary/aromatic N) is 2. The van der Waals surface area contributed by atoms with E-state index in [1.54, 1.807) is 13.3 Å². The highest BCUT2D eigenvalue weighted by Crippen LogP contribution is 2.27. The summed E-state index contributed by atoms with van der Waals surface area (Å²) in [5.74, 6) is 0.780. The van der Waals surface area contributed by atoms with E-state index >= 15 is 0 Å². The molecule has 2 N–H and O–H groups in total. The second-order valence-corrected chi connectivity index (χ2v) is 8.10. The first-order valence-electron chi connectivity index (χ1n) is 11.0. The van der Waals surface area contributed by atoms with Gasteiger partial charge in [-0.25, -0.2) is 0 Å². The average molecular weight is 418 g/mol. The van der Waals surface area contributed by atoms with E-state index in [-0.39, 0.29) is 0 Å². The highest BCUT2D eigenvalue weighted by Gasteiger charge is 2.22. The van der Waals surface area contributed by atoms with Gasteiger partial charge in [0.15, 0.2) is 0 Å². The molecule has 5 nitrogen and oxygen atoms in total. The Bertz CT molecular complexity index is 998. The van der Waals surface area contributed by atoms with Crippen molar-refractivity contribution in [2.75, 3.05) is 33.3 Å². The van der Waals surface area contributed by atoms with Gasteiger partial charge in [0.1, 0.15) is 5.75 Å². The van der Waals surface area contributed by atoms with Crippen molar-refractivity contribution in [1.82, 2.24) is 15.2 Å². The first-order valence-corrected chi connectivity index (χ1v) is 11.0. The molecule has 0 unspecified atom stereocenters. The number of fused-ring (bicyclic) bond motifs is 1. The monoisotopic (exact) mass is 417 g/mol. The Morgan fingerprint density at radius 1 is 1.16 bits per heavy atom. The summed E-state index contributed by atoms with van der Waals surface area (Å²) < 4.78 is 5.35. The number of rotatable bonds is 8. The van der Waals surface area contributed by atoms with Crippen LogP contribution < -0.4 is 10.1 Å². The van der Waals surface area contributed by atoms with Gasteiger partial charge >= 0.3 is 0 Å². The van der Waals surface area contributed by atoms with Gasteiger partial charge in [0.05, 0.1) is 18.7 Å². The molecule has 1 atom stereocenters. The van der Waals surface area contributed by atoms with E-state index < -0.39 is 6.10 Å². The lowest BCUT2D eigenvalue weighted by Gasteiger charge is -2.33. The lowest BCUT2D eigenvalue weighted by Crippen LogP contribution is -2.43. The molecule has 0 bridgehead atoms. The number of β-amino-alcohol motifs (C(OH)–C–C–N with tert-alkyl or cyclic N) is 1. The Morgan fingerprint density at radius 3 is 2.74 bits per heavy atom. The Balaban J connectivity index is 1.27. The van der Waals surface area contributed by atoms with E-state index in [1.165, 1.54) is 5.56 Å². The molecule has 0 aliphatic carbocycles. The van der Waals surface area contributed by atoms with Crippen molar-refractivity contribution in [3.05, 3.63) is 78.0 Å². The quantitative estimate of drug-likeness (QED) is 0.579. The third-order valence-corrected chi connectivity index (χ3v) is 5.99. The van der Waals surface area contributed by atoms with Gasteiger partial charge < -0.3 is 20.1 Å². The summed E-state index contributed by atoms with van der Waals surface area (Å²) in [6.07, 6.45) is 7.76. The molecule has 162 valence electrons. The summed E-state index contributed by atoms with van der Waals surface area (Å²) in [6, 6.07) is 18.6. The molecule has 2 heterocycles. The summed E-state index contributed by atoms with van der Waals surface area (Å²) >= 11 is 0. The smallest absolute Gasteiger partial charge is 0.119 e. The van der Waals surface area contributed by atoms with Crippen molar-refractivity contribution in [3.8, 4) is 5.75 Å². The largest absolute Gasteiger partial charge is 0.497 e. The fourth-order valence-corrected chi connectivity index (χ4v) is 4.22. The van der Waals surface area contributed by atoms with Crippen molar-refractivity contribution < 1.29 is 9.84 Å². The molecule has 0 amide bonds. The normalized spacial score (nSPS) is 16.7. The molecule has 1 saturated heterocycles. The van der Waals surface area contributed by atoms with Gasteiger partial charge in [-0.2, -0.15) is 0 Å². The maximum atomic E-state index is 10.9. The Kier molecular flexibility index (Phi) is 7.30. The maximum Gasteiger partial charge on any atom is 0.119 e. The van der Waals surface area contributed by atoms with Crippen LogP contribution in [0.1, 0.15) is 30.1 Å². The van der Waals surface area contributed by atoms with Gasteiger partial charge in [-0.3, -0.25) is 4.98 Å². The minimum absolute atomic E-state index is 0.528. The SMILES string of the molecule is COc1ccc2nccc([C@@H](O)CN3CCC(NCC=Cc4ccccc4)CC3)c2c1. The van der Waals surface area contributed by atoms with Crippen LogP contribution in [0, 0.1) is 0 Å². The molecule has 4 rings (SSSR count). The molecule has 1 aliphatic rings. The molecule has 1 aromatic heterocycles. The first-order chi connectivity index (χ1) is 15.2. The fraction of sp³-hybridized carbons (Fsp3) is 0.346. The fourth-order valence-electron chi connectivity index (χ4n) is 4.22. The molecular weight excluding hydrogens is 386 g/mol. The second kappa shape index (κ2) is 10.5. The summed E-state index contributed by atoms with van der Waals surface area (Å²) in [4.78, 5) is 6.77. The molecule has 0 spiro atoms. The zero-order valence-corrected chi connectivity index (χ0v) is 18.1. The summed E-state index contributed by atoms with van der Waals surface area (Å²) in [7, 11) is 1.66. The maximum absolute atomic E-state index is 10.9. The number of ether oxygens (including phenoxy) is 1. The number of likely N-dealkylation sites (tertiary alicyclic amines) is 1. The molecule has 0 saturated carbocycles. The van der Waals surface area contributed by atoms with Gasteiger partial charge in [0, 0.05) is 30.7 Å². The number of hydrogen-bond acceptors (Lipinski definition) is 5. The number of pyridine rings is 1. The van der Waals surface area contributed by atoms with Crippen molar-refractivity contribution in [1.29, 1.82) is 0 Å². The minimum atomic E-state index is -0.545. The number of aromatic nitrogens is 1. The lowest BCUT2D eigenvalue weighted by molar-refractivity contribution is 0.0955. The minimum Gasteiger partial charge on any atom is -0.497 e. The predicted molar refractivity (Wildman–Crippen MR) is 126 cm³/mol. The van der Waals surface area contributed by atoms with Gasteiger partial charge in [0.25, 0.3) is 0 Å². The van der Waals surface area contributed by atoms with Crippen LogP contribution in [-0.4, -0.2) is 54.3 Å². The van der Waals surface area contributed by atoms with Crippen LogP contribution >= 0.6 is 0 Å². The Morgan fingerprint density at radius 2 is 1.97 bits per heavy atom. The van der Waals surface area contributed by atoms with E-state index in [2.05, 4.69) is 51.6 Å². The summed E-state index contributed by atoms with van der Waals surface area (Å²) in [6.45, 7) is 3.50. The van der Waals surface area contributed by atoms with Gasteiger partial charge in [-0.1, -0.05) is 42.5 Å². The van der Waals surface area contributed by atoms with Crippen LogP contribution in [0.4, 0.5) is 0 Å². The van der Waals surface area contributed by atoms with E-state index in [1.807, 2.05) is 30.3 Å². The van der Waals surface area contributed by atoms with Crippen LogP contribution in [0.2, 0.25) is 0 Å². The van der Waals surface area contributed by atoms with E-state index in [0.717, 1.165) is 54.7 Å². The van der Waals surface area contributed by atoms with Crippen LogP contribution in [0.15, 0.2) is 66.9 Å². The molecule has 1 fully saturated rings. The molecule has 1 aliphatic heterocycles. The van der Waals surface area contributed by atoms with Crippen LogP contribution in [0.25, 0.3) is 17.0 Å². The first kappa shape index (κ1) is 21.5. The van der Waals surface area contributed by atoms with Gasteiger partial charge in [-0.15, -0.1) is 0 Å². The summed E-state index contributed by atoms with van der Waals surface area (Å²) in [5, 5.41) is 15.5. The number of aliphatic hydroxyl groups excluding tert-OH is 1. The third kappa shape index (κ3) is 5.70. The number of piperidine rings is 1. The van der Waals surface area contributed by atoms with E-state index in [0.29, 0.717) is 12.6 Å². The van der Waals surface area contributed by atoms with Crippen LogP contribution in [0.3, 0.4) is 0 Å². The molecular formula is C26H31N3O2. The van der Waals surface area contributed by atoms with Crippen molar-refractivity contribution in [2.24, 2.45) is 0 Å². The van der Waals surface area contributed by atoms with E-state index in [9.17, 15) is 5.11 Å². The molecule has 3 aromatic rings. The number of aliphatic hydroxyl groups is 1. The van der Waals surface area contributed by atoms with Crippen molar-refractivity contribution in [3.63, 3.8) is 0 Å². The van der Waals surface area contributed by atoms with Crippen LogP contribution in [0.5, 0.6) is 5.75 Å². The number of hydrogen-bond donors (Lipinski definition) is 2. The number of methoxy groups -OCH3 is 1. The molecule has 2 aromatic carbocycles. The molecule has 0 radical (unpaired) electrons. The summed E-state index contributed by atoms with van der Waals surface area (Å²) in [5.41, 5.74) is 3.02. The zero-order valence-electron chi connectivity index (χ0n) is 18.1. The predicted octanol–water partition coefficient (Wildman–Crippen LogP) is 4.04. The molecule has 5 heteroatoms. The van der Waals surface area contributed by atoms with Crippen LogP contribution in [-0.2, 0) is 0 Å². The molecule has 31 heavy (non-hydrogen) atoms. The van der Waals surface area contributed by atoms with Gasteiger partial charge in [-0.05, 0) is 61.3 Å². The lowest BCUT2D eigenvalue weighted by atomic mass is 10.0. The average Bonchev–Trinajstić information content (AvgIpc) is 2.82. The van der Waals surface area contributed by atoms with E-state index in [4.69, 9.17) is 4.74 Å². The highest BCUT2D eigenvalue weighted by molar-refractivity contribution is 5.83. The van der Waals surface area contributed by atoms with Crippen molar-refractivity contribution >= 4 is 17.0 Å².